The van der Waals surface area contributed by atoms with E-state index in [1.165, 1.54) is 12.1 Å². The maximum absolute atomic E-state index is 13.5. The zero-order chi connectivity index (χ0) is 19.2. The number of carbonyl (C=O) groups is 1. The van der Waals surface area contributed by atoms with Crippen molar-refractivity contribution in [2.24, 2.45) is 0 Å². The normalized spacial score (nSPS) is 17.3. The molecule has 0 bridgehead atoms. The molecule has 0 aliphatic carbocycles. The lowest BCUT2D eigenvalue weighted by Gasteiger charge is -2.24. The Labute approximate surface area is 160 Å². The van der Waals surface area contributed by atoms with Crippen LogP contribution in [0.15, 0.2) is 36.5 Å². The molecule has 146 valence electrons. The Kier molecular flexibility index (Phi) is 6.58. The number of hydrogen-bond donors (Lipinski definition) is 1. The molecule has 0 saturated carbocycles. The minimum atomic E-state index is -0.290. The second-order valence-electron chi connectivity index (χ2n) is 7.34. The van der Waals surface area contributed by atoms with Crippen molar-refractivity contribution in [2.45, 2.75) is 25.4 Å². The molecule has 3 rings (SSSR count). The van der Waals surface area contributed by atoms with E-state index in [0.29, 0.717) is 24.8 Å². The predicted octanol–water partition coefficient (Wildman–Crippen LogP) is 2.15. The average Bonchev–Trinajstić information content (AvgIpc) is 3.15. The number of piperidine rings is 1. The third-order valence-corrected chi connectivity index (χ3v) is 4.84. The third kappa shape index (κ3) is 5.37. The molecule has 27 heavy (non-hydrogen) atoms. The zero-order valence-electron chi connectivity index (χ0n) is 16.1. The molecule has 2 aromatic rings. The van der Waals surface area contributed by atoms with Crippen molar-refractivity contribution in [1.82, 2.24) is 24.9 Å². The molecule has 7 heteroatoms. The number of likely N-dealkylation sites (N-methyl/N-ethyl adjacent to an activating group) is 1. The summed E-state index contributed by atoms with van der Waals surface area (Å²) >= 11 is 0. The van der Waals surface area contributed by atoms with Gasteiger partial charge in [-0.2, -0.15) is 5.10 Å². The molecule has 1 saturated heterocycles. The number of halogens is 1. The number of nitrogens with one attached hydrogen (secondary N) is 1. The first-order valence-electron chi connectivity index (χ1n) is 9.47. The van der Waals surface area contributed by atoms with Crippen LogP contribution >= 0.6 is 0 Å². The highest BCUT2D eigenvalue weighted by Gasteiger charge is 2.21. The summed E-state index contributed by atoms with van der Waals surface area (Å²) in [5, 5.41) is 7.91. The molecular formula is C20H28FN5O. The van der Waals surface area contributed by atoms with E-state index < -0.39 is 0 Å². The van der Waals surface area contributed by atoms with Gasteiger partial charge in [0.25, 0.3) is 5.91 Å². The summed E-state index contributed by atoms with van der Waals surface area (Å²) in [5.41, 5.74) is 1.22. The lowest BCUT2D eigenvalue weighted by molar-refractivity contribution is 0.0724. The standard InChI is InChI=1S/C20H28FN5O/c1-24(2)11-12-25(15-16-5-3-6-17(21)13-16)20(27)19-8-10-26(23-19)18-7-4-9-22-14-18/h3,5-6,8,10,13,18,22H,4,7,9,11-12,14-15H2,1-2H3. The van der Waals surface area contributed by atoms with Gasteiger partial charge in [0, 0.05) is 32.4 Å². The zero-order valence-corrected chi connectivity index (χ0v) is 16.1. The fourth-order valence-electron chi connectivity index (χ4n) is 3.31. The van der Waals surface area contributed by atoms with Crippen molar-refractivity contribution in [3.63, 3.8) is 0 Å². The van der Waals surface area contributed by atoms with Crippen LogP contribution in [-0.2, 0) is 6.54 Å². The van der Waals surface area contributed by atoms with Gasteiger partial charge in [-0.25, -0.2) is 4.39 Å². The second-order valence-corrected chi connectivity index (χ2v) is 7.34. The quantitative estimate of drug-likeness (QED) is 0.808. The van der Waals surface area contributed by atoms with E-state index >= 15 is 0 Å². The molecule has 1 aromatic heterocycles. The van der Waals surface area contributed by atoms with Crippen LogP contribution in [0.2, 0.25) is 0 Å². The summed E-state index contributed by atoms with van der Waals surface area (Å²) in [6, 6.07) is 8.47. The Morgan fingerprint density at radius 2 is 2.19 bits per heavy atom. The summed E-state index contributed by atoms with van der Waals surface area (Å²) in [6.45, 7) is 3.56. The molecule has 1 aliphatic rings. The number of hydrogen-bond acceptors (Lipinski definition) is 4. The van der Waals surface area contributed by atoms with Gasteiger partial charge < -0.3 is 15.1 Å². The van der Waals surface area contributed by atoms with E-state index in [-0.39, 0.29) is 11.7 Å². The average molecular weight is 373 g/mol. The molecule has 1 N–H and O–H groups in total. The molecule has 1 atom stereocenters. The molecule has 1 aromatic carbocycles. The fraction of sp³-hybridized carbons (Fsp3) is 0.500. The third-order valence-electron chi connectivity index (χ3n) is 4.84. The van der Waals surface area contributed by atoms with Crippen LogP contribution in [0.1, 0.15) is 34.9 Å². The van der Waals surface area contributed by atoms with Gasteiger partial charge in [0.2, 0.25) is 0 Å². The number of aromatic nitrogens is 2. The van der Waals surface area contributed by atoms with E-state index in [1.54, 1.807) is 17.0 Å². The summed E-state index contributed by atoms with van der Waals surface area (Å²) < 4.78 is 15.4. The van der Waals surface area contributed by atoms with Gasteiger partial charge in [-0.3, -0.25) is 9.48 Å². The number of benzene rings is 1. The van der Waals surface area contributed by atoms with Crippen LogP contribution in [-0.4, -0.2) is 65.8 Å². The molecule has 1 amide bonds. The number of rotatable bonds is 7. The van der Waals surface area contributed by atoms with Crippen molar-refractivity contribution in [3.05, 3.63) is 53.6 Å². The Balaban J connectivity index is 1.74. The summed E-state index contributed by atoms with van der Waals surface area (Å²) in [7, 11) is 3.94. The monoisotopic (exact) mass is 373 g/mol. The van der Waals surface area contributed by atoms with Crippen LogP contribution in [0.3, 0.4) is 0 Å². The van der Waals surface area contributed by atoms with Crippen molar-refractivity contribution in [1.29, 1.82) is 0 Å². The molecule has 1 aliphatic heterocycles. The van der Waals surface area contributed by atoms with Gasteiger partial charge in [-0.15, -0.1) is 0 Å². The van der Waals surface area contributed by atoms with E-state index in [1.807, 2.05) is 35.9 Å². The van der Waals surface area contributed by atoms with Gasteiger partial charge in [0.15, 0.2) is 0 Å². The summed E-state index contributed by atoms with van der Waals surface area (Å²) in [5.74, 6) is -0.412. The summed E-state index contributed by atoms with van der Waals surface area (Å²) in [6.07, 6.45) is 4.06. The lowest BCUT2D eigenvalue weighted by Crippen LogP contribution is -2.37. The van der Waals surface area contributed by atoms with Crippen LogP contribution in [0.4, 0.5) is 4.39 Å². The Bertz CT molecular complexity index is 754. The Morgan fingerprint density at radius 3 is 2.89 bits per heavy atom. The first-order valence-corrected chi connectivity index (χ1v) is 9.47. The van der Waals surface area contributed by atoms with E-state index in [9.17, 15) is 9.18 Å². The largest absolute Gasteiger partial charge is 0.332 e. The first-order chi connectivity index (χ1) is 13.0. The predicted molar refractivity (Wildman–Crippen MR) is 103 cm³/mol. The molecule has 2 heterocycles. The van der Waals surface area contributed by atoms with Crippen molar-refractivity contribution < 1.29 is 9.18 Å². The number of nitrogens with zero attached hydrogens (tertiary/aromatic N) is 4. The number of amides is 1. The molecule has 6 nitrogen and oxygen atoms in total. The van der Waals surface area contributed by atoms with Gasteiger partial charge in [-0.05, 0) is 57.2 Å². The van der Waals surface area contributed by atoms with Gasteiger partial charge in [0.05, 0.1) is 6.04 Å². The molecule has 1 fully saturated rings. The highest BCUT2D eigenvalue weighted by molar-refractivity contribution is 5.92. The summed E-state index contributed by atoms with van der Waals surface area (Å²) in [4.78, 5) is 16.8. The van der Waals surface area contributed by atoms with Gasteiger partial charge in [0.1, 0.15) is 11.5 Å². The van der Waals surface area contributed by atoms with Crippen LogP contribution in [0.25, 0.3) is 0 Å². The maximum Gasteiger partial charge on any atom is 0.274 e. The van der Waals surface area contributed by atoms with Crippen molar-refractivity contribution in [2.75, 3.05) is 40.3 Å². The minimum Gasteiger partial charge on any atom is -0.332 e. The van der Waals surface area contributed by atoms with Gasteiger partial charge >= 0.3 is 0 Å². The van der Waals surface area contributed by atoms with Crippen LogP contribution in [0, 0.1) is 5.82 Å². The fourth-order valence-corrected chi connectivity index (χ4v) is 3.31. The van der Waals surface area contributed by atoms with Crippen molar-refractivity contribution >= 4 is 5.91 Å². The van der Waals surface area contributed by atoms with Crippen LogP contribution in [0.5, 0.6) is 0 Å². The first kappa shape index (κ1) is 19.5. The smallest absolute Gasteiger partial charge is 0.274 e. The lowest BCUT2D eigenvalue weighted by atomic mass is 10.1. The highest BCUT2D eigenvalue weighted by Crippen LogP contribution is 2.17. The topological polar surface area (TPSA) is 53.4 Å². The van der Waals surface area contributed by atoms with Crippen LogP contribution < -0.4 is 5.32 Å². The SMILES string of the molecule is CN(C)CCN(Cc1cccc(F)c1)C(=O)c1ccn(C2CCCNC2)n1. The maximum atomic E-state index is 13.5. The molecule has 1 unspecified atom stereocenters. The Morgan fingerprint density at radius 1 is 1.33 bits per heavy atom. The number of carbonyl (C=O) groups excluding carboxylic acids is 1. The minimum absolute atomic E-state index is 0.122. The van der Waals surface area contributed by atoms with Gasteiger partial charge in [-0.1, -0.05) is 12.1 Å². The van der Waals surface area contributed by atoms with Crippen molar-refractivity contribution in [3.8, 4) is 0 Å². The highest BCUT2D eigenvalue weighted by atomic mass is 19.1. The van der Waals surface area contributed by atoms with E-state index in [0.717, 1.165) is 38.0 Å². The molecular weight excluding hydrogens is 345 g/mol. The van der Waals surface area contributed by atoms with E-state index in [4.69, 9.17) is 0 Å². The second kappa shape index (κ2) is 9.10. The molecule has 0 radical (unpaired) electrons. The molecule has 0 spiro atoms. The van der Waals surface area contributed by atoms with E-state index in [2.05, 4.69) is 10.4 Å². The Hall–Kier alpha value is -2.25.